The minimum absolute atomic E-state index is 0.0610. The minimum atomic E-state index is -0.893. The van der Waals surface area contributed by atoms with E-state index in [0.717, 1.165) is 5.56 Å². The molecule has 1 aromatic carbocycles. The van der Waals surface area contributed by atoms with E-state index >= 15 is 0 Å². The van der Waals surface area contributed by atoms with Crippen LogP contribution in [0.5, 0.6) is 0 Å². The van der Waals surface area contributed by atoms with E-state index < -0.39 is 10.5 Å². The Hall–Kier alpha value is -1.95. The van der Waals surface area contributed by atoms with Gasteiger partial charge in [0.2, 0.25) is 5.91 Å². The second-order valence-corrected chi connectivity index (χ2v) is 4.65. The summed E-state index contributed by atoms with van der Waals surface area (Å²) >= 11 is 0. The Bertz CT molecular complexity index is 435. The van der Waals surface area contributed by atoms with Crippen LogP contribution in [-0.4, -0.2) is 22.9 Å². The highest BCUT2D eigenvalue weighted by Crippen LogP contribution is 2.11. The molecule has 0 aromatic heterocycles. The Morgan fingerprint density at radius 1 is 1.39 bits per heavy atom. The zero-order valence-corrected chi connectivity index (χ0v) is 10.5. The van der Waals surface area contributed by atoms with E-state index in [1.54, 1.807) is 26.0 Å². The number of carbonyl (C=O) groups excluding carboxylic acids is 1. The molecule has 0 bridgehead atoms. The second kappa shape index (κ2) is 5.59. The lowest BCUT2D eigenvalue weighted by Crippen LogP contribution is -2.49. The van der Waals surface area contributed by atoms with Crippen molar-refractivity contribution in [2.45, 2.75) is 25.8 Å². The molecular weight excluding hydrogens is 234 g/mol. The van der Waals surface area contributed by atoms with Crippen LogP contribution in [-0.2, 0) is 11.2 Å². The first-order valence-electron chi connectivity index (χ1n) is 5.61. The Morgan fingerprint density at radius 2 is 1.94 bits per heavy atom. The molecule has 0 heterocycles. The molecule has 3 N–H and O–H groups in total. The van der Waals surface area contributed by atoms with Crippen molar-refractivity contribution in [3.63, 3.8) is 0 Å². The number of hydrogen-bond acceptors (Lipinski definition) is 4. The van der Waals surface area contributed by atoms with Crippen LogP contribution in [0, 0.1) is 10.1 Å². The molecule has 1 rings (SSSR count). The maximum Gasteiger partial charge on any atom is 0.269 e. The molecule has 1 amide bonds. The van der Waals surface area contributed by atoms with E-state index in [-0.39, 0.29) is 11.6 Å². The number of non-ortho nitro benzene ring substituents is 1. The van der Waals surface area contributed by atoms with Crippen molar-refractivity contribution < 1.29 is 9.72 Å². The monoisotopic (exact) mass is 251 g/mol. The number of amides is 1. The van der Waals surface area contributed by atoms with Gasteiger partial charge in [-0.15, -0.1) is 0 Å². The predicted molar refractivity (Wildman–Crippen MR) is 68.1 cm³/mol. The van der Waals surface area contributed by atoms with Gasteiger partial charge in [0.25, 0.3) is 5.69 Å². The van der Waals surface area contributed by atoms with Gasteiger partial charge >= 0.3 is 0 Å². The summed E-state index contributed by atoms with van der Waals surface area (Å²) < 4.78 is 0. The molecule has 18 heavy (non-hydrogen) atoms. The lowest BCUT2D eigenvalue weighted by molar-refractivity contribution is -0.384. The topological polar surface area (TPSA) is 98.3 Å². The average molecular weight is 251 g/mol. The average Bonchev–Trinajstić information content (AvgIpc) is 2.28. The van der Waals surface area contributed by atoms with Crippen LogP contribution in [0.3, 0.4) is 0 Å². The number of nitrogens with two attached hydrogens (primary N) is 1. The van der Waals surface area contributed by atoms with Gasteiger partial charge in [0.1, 0.15) is 0 Å². The summed E-state index contributed by atoms with van der Waals surface area (Å²) in [6, 6.07) is 6.25. The summed E-state index contributed by atoms with van der Waals surface area (Å²) in [7, 11) is 0. The van der Waals surface area contributed by atoms with Crippen LogP contribution in [0.2, 0.25) is 0 Å². The van der Waals surface area contributed by atoms with E-state index in [9.17, 15) is 14.9 Å². The number of nitrogens with one attached hydrogen (secondary N) is 1. The lowest BCUT2D eigenvalue weighted by atomic mass is 10.1. The van der Waals surface area contributed by atoms with Crippen LogP contribution in [0.25, 0.3) is 0 Å². The van der Waals surface area contributed by atoms with Crippen molar-refractivity contribution in [3.05, 3.63) is 39.9 Å². The molecule has 0 aliphatic carbocycles. The molecule has 0 saturated carbocycles. The molecule has 1 aromatic rings. The predicted octanol–water partition coefficient (Wildman–Crippen LogP) is 0.991. The van der Waals surface area contributed by atoms with Crippen molar-refractivity contribution in [1.82, 2.24) is 5.32 Å². The number of nitro groups is 1. The van der Waals surface area contributed by atoms with Gasteiger partial charge < -0.3 is 11.1 Å². The molecule has 0 radical (unpaired) electrons. The van der Waals surface area contributed by atoms with Gasteiger partial charge in [-0.25, -0.2) is 0 Å². The number of rotatable bonds is 5. The lowest BCUT2D eigenvalue weighted by Gasteiger charge is -2.17. The van der Waals surface area contributed by atoms with Crippen LogP contribution >= 0.6 is 0 Å². The van der Waals surface area contributed by atoms with Gasteiger partial charge in [-0.3, -0.25) is 14.9 Å². The van der Waals surface area contributed by atoms with Gasteiger partial charge in [0, 0.05) is 18.7 Å². The second-order valence-electron chi connectivity index (χ2n) is 4.65. The SMILES string of the molecule is CC(C)(N)C(=O)NCCc1ccc([N+](=O)[O-])cc1. The molecule has 0 saturated heterocycles. The minimum Gasteiger partial charge on any atom is -0.354 e. The molecule has 0 aliphatic heterocycles. The van der Waals surface area contributed by atoms with Gasteiger partial charge in [-0.1, -0.05) is 12.1 Å². The summed E-state index contributed by atoms with van der Waals surface area (Å²) in [5.74, 6) is -0.218. The number of nitrogens with zero attached hydrogens (tertiary/aromatic N) is 1. The normalized spacial score (nSPS) is 11.1. The molecule has 0 unspecified atom stereocenters. The number of benzene rings is 1. The Morgan fingerprint density at radius 3 is 2.39 bits per heavy atom. The van der Waals surface area contributed by atoms with Crippen molar-refractivity contribution in [2.75, 3.05) is 6.54 Å². The van der Waals surface area contributed by atoms with Crippen LogP contribution < -0.4 is 11.1 Å². The van der Waals surface area contributed by atoms with E-state index in [4.69, 9.17) is 5.73 Å². The molecule has 0 spiro atoms. The molecule has 0 atom stereocenters. The smallest absolute Gasteiger partial charge is 0.269 e. The zero-order chi connectivity index (χ0) is 13.8. The standard InChI is InChI=1S/C12H17N3O3/c1-12(2,13)11(16)14-8-7-9-3-5-10(6-4-9)15(17)18/h3-6H,7-8,13H2,1-2H3,(H,14,16). The Labute approximate surface area is 105 Å². The highest BCUT2D eigenvalue weighted by atomic mass is 16.6. The molecule has 6 heteroatoms. The van der Waals surface area contributed by atoms with Crippen molar-refractivity contribution >= 4 is 11.6 Å². The number of hydrogen-bond donors (Lipinski definition) is 2. The fourth-order valence-electron chi connectivity index (χ4n) is 1.33. The van der Waals surface area contributed by atoms with E-state index in [1.165, 1.54) is 12.1 Å². The Balaban J connectivity index is 2.45. The van der Waals surface area contributed by atoms with E-state index in [2.05, 4.69) is 5.32 Å². The third-order valence-electron chi connectivity index (χ3n) is 2.43. The van der Waals surface area contributed by atoms with Crippen LogP contribution in [0.15, 0.2) is 24.3 Å². The van der Waals surface area contributed by atoms with Crippen molar-refractivity contribution in [1.29, 1.82) is 0 Å². The quantitative estimate of drug-likeness (QED) is 0.602. The summed E-state index contributed by atoms with van der Waals surface area (Å²) in [6.45, 7) is 3.72. The number of nitro benzene ring substituents is 1. The fourth-order valence-corrected chi connectivity index (χ4v) is 1.33. The summed E-state index contributed by atoms with van der Waals surface area (Å²) in [5.41, 5.74) is 5.72. The third kappa shape index (κ3) is 4.14. The van der Waals surface area contributed by atoms with Crippen LogP contribution in [0.1, 0.15) is 19.4 Å². The molecule has 0 fully saturated rings. The van der Waals surface area contributed by atoms with Gasteiger partial charge in [0.15, 0.2) is 0 Å². The van der Waals surface area contributed by atoms with Crippen LogP contribution in [0.4, 0.5) is 5.69 Å². The number of carbonyl (C=O) groups is 1. The zero-order valence-electron chi connectivity index (χ0n) is 10.5. The molecular formula is C12H17N3O3. The first-order valence-corrected chi connectivity index (χ1v) is 5.61. The first-order chi connectivity index (χ1) is 8.30. The third-order valence-corrected chi connectivity index (χ3v) is 2.43. The van der Waals surface area contributed by atoms with Gasteiger partial charge in [-0.2, -0.15) is 0 Å². The summed E-state index contributed by atoms with van der Waals surface area (Å²) in [4.78, 5) is 21.5. The summed E-state index contributed by atoms with van der Waals surface area (Å²) in [5, 5.41) is 13.2. The highest BCUT2D eigenvalue weighted by Gasteiger charge is 2.20. The molecule has 0 aliphatic rings. The maximum absolute atomic E-state index is 11.5. The van der Waals surface area contributed by atoms with E-state index in [0.29, 0.717) is 13.0 Å². The fraction of sp³-hybridized carbons (Fsp3) is 0.417. The molecule has 98 valence electrons. The van der Waals surface area contributed by atoms with Crippen molar-refractivity contribution in [2.24, 2.45) is 5.73 Å². The van der Waals surface area contributed by atoms with Crippen molar-refractivity contribution in [3.8, 4) is 0 Å². The summed E-state index contributed by atoms with van der Waals surface area (Å²) in [6.07, 6.45) is 0.611. The van der Waals surface area contributed by atoms with Gasteiger partial charge in [-0.05, 0) is 25.8 Å². The largest absolute Gasteiger partial charge is 0.354 e. The Kier molecular flexibility index (Phi) is 4.38. The molecule has 6 nitrogen and oxygen atoms in total. The van der Waals surface area contributed by atoms with Gasteiger partial charge in [0.05, 0.1) is 10.5 Å². The maximum atomic E-state index is 11.5. The highest BCUT2D eigenvalue weighted by molar-refractivity contribution is 5.84. The van der Waals surface area contributed by atoms with E-state index in [1.807, 2.05) is 0 Å². The first kappa shape index (κ1) is 14.1.